The Morgan fingerprint density at radius 1 is 1.27 bits per heavy atom. The van der Waals surface area contributed by atoms with Gasteiger partial charge in [0, 0.05) is 12.1 Å². The lowest BCUT2D eigenvalue weighted by molar-refractivity contribution is -0.191. The van der Waals surface area contributed by atoms with Crippen LogP contribution in [0.25, 0.3) is 0 Å². The Labute approximate surface area is 174 Å². The molecule has 30 heavy (non-hydrogen) atoms. The monoisotopic (exact) mass is 444 g/mol. The van der Waals surface area contributed by atoms with Crippen LogP contribution in [0.5, 0.6) is 0 Å². The highest BCUT2D eigenvalue weighted by atomic mass is 31.2. The minimum Gasteiger partial charge on any atom is -0.461 e. The molecule has 2 aliphatic heterocycles. The molecule has 166 valence electrons. The number of piperidine rings is 1. The Kier molecular flexibility index (Phi) is 6.81. The molecule has 11 heteroatoms. The predicted octanol–water partition coefficient (Wildman–Crippen LogP) is 2.59. The minimum absolute atomic E-state index is 0.0379. The Balaban J connectivity index is 2.08. The van der Waals surface area contributed by atoms with Crippen LogP contribution in [0, 0.1) is 5.82 Å². The summed E-state index contributed by atoms with van der Waals surface area (Å²) in [4.78, 5) is 20.1. The van der Waals surface area contributed by atoms with Crippen molar-refractivity contribution >= 4 is 19.4 Å². The van der Waals surface area contributed by atoms with Gasteiger partial charge in [0.15, 0.2) is 5.84 Å². The second-order valence-corrected chi connectivity index (χ2v) is 9.02. The molecule has 2 aliphatic rings. The maximum Gasteiger partial charge on any atom is 0.380 e. The molecule has 0 bridgehead atoms. The topological polar surface area (TPSA) is 107 Å². The lowest BCUT2D eigenvalue weighted by Gasteiger charge is -2.42. The third-order valence-electron chi connectivity index (χ3n) is 4.90. The van der Waals surface area contributed by atoms with Gasteiger partial charge in [0.2, 0.25) is 0 Å². The third-order valence-corrected chi connectivity index (χ3v) is 7.34. The fraction of sp³-hybridized carbons (Fsp3) is 0.579. The van der Waals surface area contributed by atoms with E-state index in [4.69, 9.17) is 18.6 Å². The van der Waals surface area contributed by atoms with Crippen LogP contribution in [0.3, 0.4) is 0 Å². The molecule has 1 N–H and O–H groups in total. The molecule has 0 aliphatic carbocycles. The van der Waals surface area contributed by atoms with E-state index in [1.54, 1.807) is 20.8 Å². The van der Waals surface area contributed by atoms with Crippen LogP contribution in [0.15, 0.2) is 29.4 Å². The SMILES string of the molecule is CCOC(=O)[C@@]1(c2ccc(F)cc2)ON=C2C(P(=O)(OCC)OCC)C[C@H](O)CN21. The van der Waals surface area contributed by atoms with E-state index >= 15 is 0 Å². The van der Waals surface area contributed by atoms with Crippen molar-refractivity contribution in [2.24, 2.45) is 5.16 Å². The summed E-state index contributed by atoms with van der Waals surface area (Å²) in [5.74, 6) is -1.13. The number of amidine groups is 1. The molecule has 0 spiro atoms. The summed E-state index contributed by atoms with van der Waals surface area (Å²) in [5, 5.41) is 14.6. The Morgan fingerprint density at radius 2 is 1.90 bits per heavy atom. The van der Waals surface area contributed by atoms with E-state index in [9.17, 15) is 18.9 Å². The van der Waals surface area contributed by atoms with Gasteiger partial charge in [0.1, 0.15) is 11.5 Å². The summed E-state index contributed by atoms with van der Waals surface area (Å²) in [6, 6.07) is 5.12. The fourth-order valence-electron chi connectivity index (χ4n) is 3.71. The van der Waals surface area contributed by atoms with Gasteiger partial charge in [-0.1, -0.05) is 5.16 Å². The van der Waals surface area contributed by atoms with Crippen molar-refractivity contribution in [1.29, 1.82) is 0 Å². The lowest BCUT2D eigenvalue weighted by atomic mass is 9.96. The summed E-state index contributed by atoms with van der Waals surface area (Å²) in [5.41, 5.74) is -2.57. The first-order valence-corrected chi connectivity index (χ1v) is 11.5. The molecule has 3 atom stereocenters. The number of nitrogens with zero attached hydrogens (tertiary/aromatic N) is 2. The molecule has 2 heterocycles. The zero-order valence-electron chi connectivity index (χ0n) is 17.1. The van der Waals surface area contributed by atoms with E-state index in [2.05, 4.69) is 5.16 Å². The average Bonchev–Trinajstić information content (AvgIpc) is 3.08. The summed E-state index contributed by atoms with van der Waals surface area (Å²) in [6.45, 7) is 5.27. The number of hydrogen-bond acceptors (Lipinski definition) is 9. The number of halogens is 1. The van der Waals surface area contributed by atoms with Crippen molar-refractivity contribution in [1.82, 2.24) is 4.90 Å². The first kappa shape index (κ1) is 22.7. The van der Waals surface area contributed by atoms with Crippen LogP contribution in [-0.2, 0) is 33.7 Å². The fourth-order valence-corrected chi connectivity index (χ4v) is 5.84. The maximum absolute atomic E-state index is 13.5. The van der Waals surface area contributed by atoms with Gasteiger partial charge in [-0.15, -0.1) is 0 Å². The smallest absolute Gasteiger partial charge is 0.380 e. The highest BCUT2D eigenvalue weighted by molar-refractivity contribution is 7.55. The largest absolute Gasteiger partial charge is 0.461 e. The molecule has 9 nitrogen and oxygen atoms in total. The Morgan fingerprint density at radius 3 is 2.47 bits per heavy atom. The number of rotatable bonds is 8. The van der Waals surface area contributed by atoms with Crippen molar-refractivity contribution < 1.29 is 37.5 Å². The van der Waals surface area contributed by atoms with E-state index in [1.165, 1.54) is 29.2 Å². The van der Waals surface area contributed by atoms with Gasteiger partial charge in [-0.25, -0.2) is 9.18 Å². The number of esters is 1. The first-order valence-electron chi connectivity index (χ1n) is 9.86. The van der Waals surface area contributed by atoms with Gasteiger partial charge < -0.3 is 28.6 Å². The van der Waals surface area contributed by atoms with E-state index in [1.807, 2.05) is 0 Å². The van der Waals surface area contributed by atoms with Gasteiger partial charge in [0.05, 0.1) is 25.9 Å². The zero-order chi connectivity index (χ0) is 21.9. The molecule has 1 aromatic carbocycles. The molecule has 1 fully saturated rings. The number of carbonyl (C=O) groups excluding carboxylic acids is 1. The average molecular weight is 444 g/mol. The number of ether oxygens (including phenoxy) is 1. The first-order chi connectivity index (χ1) is 14.3. The summed E-state index contributed by atoms with van der Waals surface area (Å²) in [7, 11) is -3.73. The van der Waals surface area contributed by atoms with Crippen LogP contribution in [0.4, 0.5) is 4.39 Å². The van der Waals surface area contributed by atoms with E-state index in [0.29, 0.717) is 0 Å². The van der Waals surface area contributed by atoms with E-state index < -0.39 is 36.9 Å². The number of fused-ring (bicyclic) bond motifs is 1. The molecule has 1 saturated heterocycles. The molecule has 0 aromatic heterocycles. The Hall–Kier alpha value is -2.00. The number of oxime groups is 1. The van der Waals surface area contributed by atoms with Crippen LogP contribution in [0.2, 0.25) is 0 Å². The van der Waals surface area contributed by atoms with Crippen molar-refractivity contribution in [3.8, 4) is 0 Å². The number of aliphatic hydroxyl groups is 1. The van der Waals surface area contributed by atoms with Gasteiger partial charge in [-0.05, 0) is 51.5 Å². The number of hydrogen-bond donors (Lipinski definition) is 1. The standard InChI is InChI=1S/C19H26FN2O7P/c1-4-26-18(24)19(13-7-9-14(20)10-8-13)22-12-15(23)11-16(17(22)21-29-19)30(25,27-5-2)28-6-3/h7-10,15-16,23H,4-6,11-12H2,1-3H3/t15-,16?,19+/m0/s1. The second-order valence-electron chi connectivity index (χ2n) is 6.80. The normalized spacial score (nSPS) is 26.0. The van der Waals surface area contributed by atoms with Crippen LogP contribution in [-0.4, -0.2) is 59.9 Å². The number of benzene rings is 1. The van der Waals surface area contributed by atoms with Crippen molar-refractivity contribution in [3.05, 3.63) is 35.6 Å². The van der Waals surface area contributed by atoms with E-state index in [0.717, 1.165) is 0 Å². The third kappa shape index (κ3) is 3.85. The lowest BCUT2D eigenvalue weighted by Crippen LogP contribution is -2.59. The molecule has 1 unspecified atom stereocenters. The van der Waals surface area contributed by atoms with Gasteiger partial charge in [-0.3, -0.25) is 4.57 Å². The van der Waals surface area contributed by atoms with E-state index in [-0.39, 0.29) is 44.2 Å². The maximum atomic E-state index is 13.5. The molecule has 0 amide bonds. The summed E-state index contributed by atoms with van der Waals surface area (Å²) >= 11 is 0. The molecular weight excluding hydrogens is 418 g/mol. The van der Waals surface area contributed by atoms with Crippen molar-refractivity contribution in [2.75, 3.05) is 26.4 Å². The quantitative estimate of drug-likeness (QED) is 0.482. The number of aliphatic hydroxyl groups excluding tert-OH is 1. The van der Waals surface area contributed by atoms with Gasteiger partial charge in [0.25, 0.3) is 0 Å². The minimum atomic E-state index is -3.73. The highest BCUT2D eigenvalue weighted by Gasteiger charge is 2.61. The summed E-state index contributed by atoms with van der Waals surface area (Å²) in [6.07, 6.45) is -0.919. The zero-order valence-corrected chi connectivity index (χ0v) is 18.0. The van der Waals surface area contributed by atoms with Crippen LogP contribution >= 0.6 is 7.60 Å². The number of carbonyl (C=O) groups is 1. The highest BCUT2D eigenvalue weighted by Crippen LogP contribution is 2.58. The molecule has 3 rings (SSSR count). The second kappa shape index (κ2) is 9.01. The van der Waals surface area contributed by atoms with Crippen LogP contribution in [0.1, 0.15) is 32.8 Å². The summed E-state index contributed by atoms with van der Waals surface area (Å²) < 4.78 is 43.1. The molecular formula is C19H26FN2O7P. The van der Waals surface area contributed by atoms with Crippen molar-refractivity contribution in [2.45, 2.75) is 44.7 Å². The van der Waals surface area contributed by atoms with Crippen LogP contribution < -0.4 is 0 Å². The van der Waals surface area contributed by atoms with Crippen molar-refractivity contribution in [3.63, 3.8) is 0 Å². The molecule has 1 aromatic rings. The molecule has 0 saturated carbocycles. The van der Waals surface area contributed by atoms with Gasteiger partial charge in [-0.2, -0.15) is 0 Å². The van der Waals surface area contributed by atoms with Gasteiger partial charge >= 0.3 is 19.3 Å². The predicted molar refractivity (Wildman–Crippen MR) is 105 cm³/mol. The molecule has 0 radical (unpaired) electrons. The Bertz CT molecular complexity index is 840.